The predicted molar refractivity (Wildman–Crippen MR) is 105 cm³/mol. The summed E-state index contributed by atoms with van der Waals surface area (Å²) in [5.74, 6) is 1.68. The minimum absolute atomic E-state index is 0.0471. The smallest absolute Gasteiger partial charge is 0.271 e. The Balaban J connectivity index is 1.58. The first-order chi connectivity index (χ1) is 13.1. The molecular formula is C18H16N4O3S2. The molecule has 0 saturated heterocycles. The Kier molecular flexibility index (Phi) is 4.71. The number of fused-ring (bicyclic) bond motifs is 1. The van der Waals surface area contributed by atoms with Gasteiger partial charge in [-0.1, -0.05) is 11.8 Å². The lowest BCUT2D eigenvalue weighted by Gasteiger charge is -2.09. The summed E-state index contributed by atoms with van der Waals surface area (Å²) in [5.41, 5.74) is 1.48. The molecule has 0 radical (unpaired) electrons. The van der Waals surface area contributed by atoms with Crippen molar-refractivity contribution in [3.63, 3.8) is 0 Å². The molecular weight excluding hydrogens is 384 g/mol. The molecule has 0 aliphatic heterocycles. The number of methoxy groups -OCH3 is 1. The SMILES string of the molecule is COc1ccc(-c2nnc([C@@H](C)Sc3nc4ccsc4c(=O)n3C)o2)cc1. The minimum Gasteiger partial charge on any atom is -0.497 e. The normalized spacial score (nSPS) is 12.4. The second-order valence-corrected chi connectivity index (χ2v) is 8.05. The van der Waals surface area contributed by atoms with Gasteiger partial charge in [0.25, 0.3) is 5.56 Å². The van der Waals surface area contributed by atoms with Gasteiger partial charge in [0.2, 0.25) is 11.8 Å². The molecule has 4 rings (SSSR count). The molecule has 0 spiro atoms. The van der Waals surface area contributed by atoms with Gasteiger partial charge in [-0.15, -0.1) is 21.5 Å². The van der Waals surface area contributed by atoms with Crippen molar-refractivity contribution >= 4 is 33.3 Å². The van der Waals surface area contributed by atoms with E-state index in [0.29, 0.717) is 27.2 Å². The van der Waals surface area contributed by atoms with E-state index < -0.39 is 0 Å². The van der Waals surface area contributed by atoms with Crippen molar-refractivity contribution in [3.8, 4) is 17.2 Å². The van der Waals surface area contributed by atoms with Crippen LogP contribution in [0.3, 0.4) is 0 Å². The van der Waals surface area contributed by atoms with Crippen molar-refractivity contribution in [2.24, 2.45) is 7.05 Å². The van der Waals surface area contributed by atoms with Gasteiger partial charge in [-0.3, -0.25) is 9.36 Å². The molecule has 4 aromatic rings. The van der Waals surface area contributed by atoms with Gasteiger partial charge in [0, 0.05) is 12.6 Å². The second kappa shape index (κ2) is 7.16. The molecule has 0 aliphatic carbocycles. The van der Waals surface area contributed by atoms with E-state index in [1.54, 1.807) is 18.7 Å². The van der Waals surface area contributed by atoms with E-state index in [2.05, 4.69) is 15.2 Å². The molecule has 0 aliphatic rings. The van der Waals surface area contributed by atoms with Crippen LogP contribution in [-0.4, -0.2) is 26.9 Å². The second-order valence-electron chi connectivity index (χ2n) is 5.83. The molecule has 0 amide bonds. The van der Waals surface area contributed by atoms with Gasteiger partial charge in [0.15, 0.2) is 5.16 Å². The van der Waals surface area contributed by atoms with Crippen LogP contribution in [0.4, 0.5) is 0 Å². The third kappa shape index (κ3) is 3.35. The van der Waals surface area contributed by atoms with E-state index in [1.165, 1.54) is 23.1 Å². The van der Waals surface area contributed by atoms with Crippen LogP contribution in [0, 0.1) is 0 Å². The van der Waals surface area contributed by atoms with Crippen molar-refractivity contribution in [2.75, 3.05) is 7.11 Å². The van der Waals surface area contributed by atoms with Crippen LogP contribution < -0.4 is 10.3 Å². The maximum atomic E-state index is 12.4. The Bertz CT molecular complexity index is 1150. The Hall–Kier alpha value is -2.65. The molecule has 0 N–H and O–H groups in total. The number of thiophene rings is 1. The fourth-order valence-corrected chi connectivity index (χ4v) is 4.24. The zero-order chi connectivity index (χ0) is 19.0. The van der Waals surface area contributed by atoms with E-state index in [1.807, 2.05) is 42.6 Å². The van der Waals surface area contributed by atoms with Crippen LogP contribution in [0.25, 0.3) is 21.7 Å². The zero-order valence-electron chi connectivity index (χ0n) is 14.9. The Morgan fingerprint density at radius 1 is 1.22 bits per heavy atom. The summed E-state index contributed by atoms with van der Waals surface area (Å²) in [4.78, 5) is 17.0. The van der Waals surface area contributed by atoms with Gasteiger partial charge < -0.3 is 9.15 Å². The monoisotopic (exact) mass is 400 g/mol. The number of benzene rings is 1. The quantitative estimate of drug-likeness (QED) is 0.371. The largest absolute Gasteiger partial charge is 0.497 e. The van der Waals surface area contributed by atoms with Crippen molar-refractivity contribution in [1.29, 1.82) is 0 Å². The lowest BCUT2D eigenvalue weighted by atomic mass is 10.2. The van der Waals surface area contributed by atoms with E-state index >= 15 is 0 Å². The highest BCUT2D eigenvalue weighted by atomic mass is 32.2. The van der Waals surface area contributed by atoms with Gasteiger partial charge >= 0.3 is 0 Å². The number of hydrogen-bond acceptors (Lipinski definition) is 8. The fourth-order valence-electron chi connectivity index (χ4n) is 2.53. The van der Waals surface area contributed by atoms with Crippen molar-refractivity contribution < 1.29 is 9.15 Å². The van der Waals surface area contributed by atoms with E-state index in [4.69, 9.17) is 9.15 Å². The molecule has 9 heteroatoms. The van der Waals surface area contributed by atoms with E-state index in [9.17, 15) is 4.79 Å². The highest BCUT2D eigenvalue weighted by Crippen LogP contribution is 2.34. The predicted octanol–water partition coefficient (Wildman–Crippen LogP) is 3.91. The van der Waals surface area contributed by atoms with Crippen LogP contribution >= 0.6 is 23.1 Å². The lowest BCUT2D eigenvalue weighted by Crippen LogP contribution is -2.19. The highest BCUT2D eigenvalue weighted by molar-refractivity contribution is 7.99. The van der Waals surface area contributed by atoms with Crippen LogP contribution in [0.1, 0.15) is 18.1 Å². The van der Waals surface area contributed by atoms with Crippen molar-refractivity contribution in [3.05, 3.63) is 52.0 Å². The molecule has 1 aromatic carbocycles. The molecule has 3 heterocycles. The molecule has 27 heavy (non-hydrogen) atoms. The molecule has 1 atom stereocenters. The van der Waals surface area contributed by atoms with Gasteiger partial charge in [-0.05, 0) is 42.6 Å². The number of thioether (sulfide) groups is 1. The molecule has 138 valence electrons. The molecule has 0 saturated carbocycles. The van der Waals surface area contributed by atoms with Crippen molar-refractivity contribution in [2.45, 2.75) is 17.3 Å². The van der Waals surface area contributed by atoms with E-state index in [0.717, 1.165) is 11.3 Å². The summed E-state index contributed by atoms with van der Waals surface area (Å²) in [6, 6.07) is 9.26. The summed E-state index contributed by atoms with van der Waals surface area (Å²) in [7, 11) is 3.34. The molecule has 0 fully saturated rings. The third-order valence-electron chi connectivity index (χ3n) is 4.05. The summed E-state index contributed by atoms with van der Waals surface area (Å²) in [6.07, 6.45) is 0. The highest BCUT2D eigenvalue weighted by Gasteiger charge is 2.19. The van der Waals surface area contributed by atoms with Gasteiger partial charge in [0.1, 0.15) is 10.4 Å². The Labute approximate surface area is 163 Å². The first kappa shape index (κ1) is 17.7. The standard InChI is InChI=1S/C18H16N4O3S2/c1-10(27-18-19-13-8-9-26-14(13)17(23)22(18)2)15-20-21-16(25-15)11-4-6-12(24-3)7-5-11/h4-10H,1-3H3/t10-/m1/s1. The molecule has 3 aromatic heterocycles. The molecule has 0 unspecified atom stereocenters. The molecule has 7 nitrogen and oxygen atoms in total. The van der Waals surface area contributed by atoms with Crippen LogP contribution in [0.5, 0.6) is 5.75 Å². The van der Waals surface area contributed by atoms with Gasteiger partial charge in [-0.2, -0.15) is 0 Å². The molecule has 0 bridgehead atoms. The average molecular weight is 400 g/mol. The third-order valence-corrected chi connectivity index (χ3v) is 6.08. The number of ether oxygens (including phenoxy) is 1. The fraction of sp³-hybridized carbons (Fsp3) is 0.222. The van der Waals surface area contributed by atoms with Crippen molar-refractivity contribution in [1.82, 2.24) is 19.7 Å². The Morgan fingerprint density at radius 2 is 2.00 bits per heavy atom. The van der Waals surface area contributed by atoms with Crippen LogP contribution in [0.15, 0.2) is 50.1 Å². The van der Waals surface area contributed by atoms with Gasteiger partial charge in [-0.25, -0.2) is 4.98 Å². The first-order valence-electron chi connectivity index (χ1n) is 8.15. The minimum atomic E-state index is -0.154. The van der Waals surface area contributed by atoms with Gasteiger partial charge in [0.05, 0.1) is 17.9 Å². The maximum absolute atomic E-state index is 12.4. The van der Waals surface area contributed by atoms with Crippen LogP contribution in [0.2, 0.25) is 0 Å². The number of aromatic nitrogens is 4. The van der Waals surface area contributed by atoms with E-state index in [-0.39, 0.29) is 10.8 Å². The lowest BCUT2D eigenvalue weighted by molar-refractivity contribution is 0.415. The summed E-state index contributed by atoms with van der Waals surface area (Å²) in [6.45, 7) is 1.94. The summed E-state index contributed by atoms with van der Waals surface area (Å²) >= 11 is 2.81. The zero-order valence-corrected chi connectivity index (χ0v) is 16.5. The average Bonchev–Trinajstić information content (AvgIpc) is 3.35. The summed E-state index contributed by atoms with van der Waals surface area (Å²) < 4.78 is 13.2. The number of nitrogens with zero attached hydrogens (tertiary/aromatic N) is 4. The summed E-state index contributed by atoms with van der Waals surface area (Å²) in [5, 5.41) is 10.6. The van der Waals surface area contributed by atoms with Crippen LogP contribution in [-0.2, 0) is 7.05 Å². The first-order valence-corrected chi connectivity index (χ1v) is 9.91. The Morgan fingerprint density at radius 3 is 2.74 bits per heavy atom. The maximum Gasteiger partial charge on any atom is 0.271 e. The topological polar surface area (TPSA) is 83.0 Å². The number of hydrogen-bond donors (Lipinski definition) is 0. The number of rotatable bonds is 5.